The van der Waals surface area contributed by atoms with Gasteiger partial charge in [-0.05, 0) is 37.1 Å². The molecule has 1 aromatic rings. The van der Waals surface area contributed by atoms with E-state index < -0.39 is 0 Å². The van der Waals surface area contributed by atoms with Crippen LogP contribution in [0.4, 0.5) is 0 Å². The van der Waals surface area contributed by atoms with E-state index in [1.54, 1.807) is 24.3 Å². The molecule has 19 heavy (non-hydrogen) atoms. The summed E-state index contributed by atoms with van der Waals surface area (Å²) in [5, 5.41) is 9.69. The maximum absolute atomic E-state index is 12.1. The number of carbonyl (C=O) groups is 1. The number of nitrogens with zero attached hydrogens (tertiary/aromatic N) is 1. The maximum Gasteiger partial charge on any atom is 0.246 e. The molecular formula is C15H19NO2S. The SMILES string of the molecule is O=C(/C=C/c1cc(S)ccc1O)N1CCCCCC1. The summed E-state index contributed by atoms with van der Waals surface area (Å²) in [5.74, 6) is 0.184. The number of hydrogen-bond donors (Lipinski definition) is 2. The number of thiol groups is 1. The van der Waals surface area contributed by atoms with Crippen LogP contribution in [0.1, 0.15) is 31.2 Å². The molecule has 0 aliphatic carbocycles. The van der Waals surface area contributed by atoms with E-state index in [9.17, 15) is 9.90 Å². The molecule has 1 amide bonds. The van der Waals surface area contributed by atoms with Gasteiger partial charge in [-0.2, -0.15) is 0 Å². The molecule has 1 heterocycles. The van der Waals surface area contributed by atoms with Crippen molar-refractivity contribution < 1.29 is 9.90 Å². The van der Waals surface area contributed by atoms with E-state index in [2.05, 4.69) is 12.6 Å². The first kappa shape index (κ1) is 14.0. The molecule has 1 aliphatic rings. The minimum absolute atomic E-state index is 0.0193. The molecule has 2 rings (SSSR count). The molecule has 1 N–H and O–H groups in total. The molecule has 0 atom stereocenters. The summed E-state index contributed by atoms with van der Waals surface area (Å²) in [7, 11) is 0. The smallest absolute Gasteiger partial charge is 0.246 e. The molecule has 0 saturated carbocycles. The molecular weight excluding hydrogens is 258 g/mol. The minimum atomic E-state index is 0.0193. The largest absolute Gasteiger partial charge is 0.507 e. The van der Waals surface area contributed by atoms with E-state index in [-0.39, 0.29) is 11.7 Å². The van der Waals surface area contributed by atoms with Gasteiger partial charge in [0.25, 0.3) is 0 Å². The topological polar surface area (TPSA) is 40.5 Å². The first-order chi connectivity index (χ1) is 9.16. The number of hydrogen-bond acceptors (Lipinski definition) is 3. The number of amides is 1. The Kier molecular flexibility index (Phi) is 4.91. The van der Waals surface area contributed by atoms with Crippen LogP contribution in [0, 0.1) is 0 Å². The number of benzene rings is 1. The quantitative estimate of drug-likeness (QED) is 0.644. The van der Waals surface area contributed by atoms with Crippen LogP contribution >= 0.6 is 12.6 Å². The Morgan fingerprint density at radius 1 is 1.21 bits per heavy atom. The van der Waals surface area contributed by atoms with Gasteiger partial charge in [0.2, 0.25) is 5.91 Å². The second kappa shape index (κ2) is 6.66. The Morgan fingerprint density at radius 2 is 1.89 bits per heavy atom. The Hall–Kier alpha value is -1.42. The van der Waals surface area contributed by atoms with Crippen LogP contribution in [0.25, 0.3) is 6.08 Å². The van der Waals surface area contributed by atoms with Crippen LogP contribution < -0.4 is 0 Å². The van der Waals surface area contributed by atoms with Gasteiger partial charge in [0.15, 0.2) is 0 Å². The monoisotopic (exact) mass is 277 g/mol. The summed E-state index contributed by atoms with van der Waals surface area (Å²) in [4.78, 5) is 14.7. The van der Waals surface area contributed by atoms with Gasteiger partial charge in [0.05, 0.1) is 0 Å². The molecule has 0 unspecified atom stereocenters. The van der Waals surface area contributed by atoms with E-state index in [1.165, 1.54) is 18.9 Å². The second-order valence-electron chi connectivity index (χ2n) is 4.82. The lowest BCUT2D eigenvalue weighted by Gasteiger charge is -2.18. The lowest BCUT2D eigenvalue weighted by Crippen LogP contribution is -2.30. The predicted molar refractivity (Wildman–Crippen MR) is 79.4 cm³/mol. The van der Waals surface area contributed by atoms with Crippen LogP contribution in [-0.4, -0.2) is 29.0 Å². The highest BCUT2D eigenvalue weighted by atomic mass is 32.1. The van der Waals surface area contributed by atoms with Gasteiger partial charge in [-0.3, -0.25) is 4.79 Å². The van der Waals surface area contributed by atoms with Gasteiger partial charge in [0.1, 0.15) is 5.75 Å². The molecule has 1 saturated heterocycles. The number of phenolic OH excluding ortho intramolecular Hbond substituents is 1. The molecule has 0 radical (unpaired) electrons. The summed E-state index contributed by atoms with van der Waals surface area (Å²) >= 11 is 4.22. The van der Waals surface area contributed by atoms with Crippen molar-refractivity contribution in [3.05, 3.63) is 29.8 Å². The van der Waals surface area contributed by atoms with E-state index in [4.69, 9.17) is 0 Å². The van der Waals surface area contributed by atoms with Crippen molar-refractivity contribution in [2.45, 2.75) is 30.6 Å². The van der Waals surface area contributed by atoms with Gasteiger partial charge < -0.3 is 10.0 Å². The Morgan fingerprint density at radius 3 is 2.58 bits per heavy atom. The first-order valence-corrected chi connectivity index (χ1v) is 7.10. The van der Waals surface area contributed by atoms with Gasteiger partial charge in [-0.1, -0.05) is 12.8 Å². The summed E-state index contributed by atoms with van der Waals surface area (Å²) in [6.07, 6.45) is 7.76. The fourth-order valence-electron chi connectivity index (χ4n) is 2.23. The zero-order valence-corrected chi connectivity index (χ0v) is 11.8. The van der Waals surface area contributed by atoms with Crippen molar-refractivity contribution in [1.29, 1.82) is 0 Å². The van der Waals surface area contributed by atoms with Gasteiger partial charge in [-0.15, -0.1) is 12.6 Å². The van der Waals surface area contributed by atoms with Crippen LogP contribution in [-0.2, 0) is 4.79 Å². The zero-order chi connectivity index (χ0) is 13.7. The number of phenols is 1. The molecule has 1 aromatic carbocycles. The molecule has 3 nitrogen and oxygen atoms in total. The van der Waals surface area contributed by atoms with Crippen molar-refractivity contribution in [1.82, 2.24) is 4.90 Å². The average molecular weight is 277 g/mol. The highest BCUT2D eigenvalue weighted by molar-refractivity contribution is 7.80. The van der Waals surface area contributed by atoms with Crippen LogP contribution in [0.5, 0.6) is 5.75 Å². The fraction of sp³-hybridized carbons (Fsp3) is 0.400. The minimum Gasteiger partial charge on any atom is -0.507 e. The van der Waals surface area contributed by atoms with E-state index in [1.807, 2.05) is 4.90 Å². The Bertz CT molecular complexity index is 477. The third-order valence-electron chi connectivity index (χ3n) is 3.33. The van der Waals surface area contributed by atoms with E-state index >= 15 is 0 Å². The zero-order valence-electron chi connectivity index (χ0n) is 10.9. The van der Waals surface area contributed by atoms with Crippen molar-refractivity contribution in [3.63, 3.8) is 0 Å². The average Bonchev–Trinajstić information content (AvgIpc) is 2.68. The number of aromatic hydroxyl groups is 1. The van der Waals surface area contributed by atoms with Crippen molar-refractivity contribution in [2.75, 3.05) is 13.1 Å². The van der Waals surface area contributed by atoms with Crippen molar-refractivity contribution in [2.24, 2.45) is 0 Å². The van der Waals surface area contributed by atoms with E-state index in [0.29, 0.717) is 5.56 Å². The van der Waals surface area contributed by atoms with Crippen molar-refractivity contribution >= 4 is 24.6 Å². The molecule has 102 valence electrons. The number of likely N-dealkylation sites (tertiary alicyclic amines) is 1. The van der Waals surface area contributed by atoms with Gasteiger partial charge >= 0.3 is 0 Å². The molecule has 4 heteroatoms. The highest BCUT2D eigenvalue weighted by Gasteiger charge is 2.12. The normalized spacial score (nSPS) is 16.6. The lowest BCUT2D eigenvalue weighted by atomic mass is 10.2. The summed E-state index contributed by atoms with van der Waals surface area (Å²) in [6.45, 7) is 1.67. The van der Waals surface area contributed by atoms with Gasteiger partial charge in [-0.25, -0.2) is 0 Å². The first-order valence-electron chi connectivity index (χ1n) is 6.66. The molecule has 0 aromatic heterocycles. The standard InChI is InChI=1S/C15H19NO2S/c17-14-7-6-13(19)11-12(14)5-8-15(18)16-9-3-1-2-4-10-16/h5-8,11,17,19H,1-4,9-10H2/b8-5+. The van der Waals surface area contributed by atoms with Crippen molar-refractivity contribution in [3.8, 4) is 5.75 Å². The Balaban J connectivity index is 2.04. The fourth-order valence-corrected chi connectivity index (χ4v) is 2.45. The van der Waals surface area contributed by atoms with Crippen LogP contribution in [0.15, 0.2) is 29.2 Å². The number of rotatable bonds is 2. The summed E-state index contributed by atoms with van der Waals surface area (Å²) in [6, 6.07) is 5.04. The molecule has 1 aliphatic heterocycles. The maximum atomic E-state index is 12.1. The molecule has 0 spiro atoms. The summed E-state index contributed by atoms with van der Waals surface area (Å²) < 4.78 is 0. The number of carbonyl (C=O) groups excluding carboxylic acids is 1. The third-order valence-corrected chi connectivity index (χ3v) is 3.61. The van der Waals surface area contributed by atoms with Gasteiger partial charge in [0, 0.05) is 29.6 Å². The molecule has 1 fully saturated rings. The second-order valence-corrected chi connectivity index (χ2v) is 5.33. The van der Waals surface area contributed by atoms with Crippen LogP contribution in [0.3, 0.4) is 0 Å². The summed E-state index contributed by atoms with van der Waals surface area (Å²) in [5.41, 5.74) is 0.621. The van der Waals surface area contributed by atoms with Crippen LogP contribution in [0.2, 0.25) is 0 Å². The Labute approximate surface area is 119 Å². The highest BCUT2D eigenvalue weighted by Crippen LogP contribution is 2.22. The molecule has 0 bridgehead atoms. The lowest BCUT2D eigenvalue weighted by molar-refractivity contribution is -0.125. The predicted octanol–water partition coefficient (Wildman–Crippen LogP) is 3.10. The third kappa shape index (κ3) is 4.03. The van der Waals surface area contributed by atoms with E-state index in [0.717, 1.165) is 30.8 Å².